The molecule has 0 rings (SSSR count). The van der Waals surface area contributed by atoms with Crippen LogP contribution in [0.15, 0.2) is 0 Å². The second kappa shape index (κ2) is 10.9. The fourth-order valence-electron chi connectivity index (χ4n) is 0.989. The highest BCUT2D eigenvalue weighted by atomic mass is 16.7. The average molecular weight is 176 g/mol. The third-order valence-corrected chi connectivity index (χ3v) is 1.65. The molecule has 0 aliphatic rings. The van der Waals surface area contributed by atoms with Crippen LogP contribution in [0.2, 0.25) is 0 Å². The van der Waals surface area contributed by atoms with Crippen LogP contribution in [0.3, 0.4) is 0 Å². The normalized spacial score (nSPS) is 10.5. The molecule has 12 heavy (non-hydrogen) atoms. The molecule has 1 N–H and O–H groups in total. The highest BCUT2D eigenvalue weighted by Gasteiger charge is 1.90. The molecule has 0 saturated carbocycles. The highest BCUT2D eigenvalue weighted by Crippen LogP contribution is 2.02. The van der Waals surface area contributed by atoms with E-state index in [0.717, 1.165) is 25.9 Å². The number of ether oxygens (including phenoxy) is 2. The molecule has 74 valence electrons. The lowest BCUT2D eigenvalue weighted by Crippen LogP contribution is -1.98. The van der Waals surface area contributed by atoms with Crippen LogP contribution >= 0.6 is 0 Å². The Labute approximate surface area is 74.7 Å². The fraction of sp³-hybridized carbons (Fsp3) is 1.00. The Morgan fingerprint density at radius 1 is 1.00 bits per heavy atom. The van der Waals surface area contributed by atoms with E-state index < -0.39 is 0 Å². The summed E-state index contributed by atoms with van der Waals surface area (Å²) >= 11 is 0. The molecule has 0 aliphatic heterocycles. The van der Waals surface area contributed by atoms with E-state index in [4.69, 9.17) is 14.6 Å². The third-order valence-electron chi connectivity index (χ3n) is 1.65. The molecule has 0 radical (unpaired) electrons. The zero-order chi connectivity index (χ0) is 9.07. The monoisotopic (exact) mass is 176 g/mol. The van der Waals surface area contributed by atoms with Gasteiger partial charge in [0.1, 0.15) is 6.79 Å². The molecular formula is C9H20O3. The van der Waals surface area contributed by atoms with Crippen LogP contribution in [-0.4, -0.2) is 32.2 Å². The minimum atomic E-state index is 0.320. The first-order valence-corrected chi connectivity index (χ1v) is 4.59. The lowest BCUT2D eigenvalue weighted by molar-refractivity contribution is -0.0315. The number of aliphatic hydroxyl groups excluding tert-OH is 1. The van der Waals surface area contributed by atoms with E-state index in [1.165, 1.54) is 12.8 Å². The minimum absolute atomic E-state index is 0.320. The van der Waals surface area contributed by atoms with Crippen molar-refractivity contribution >= 4 is 0 Å². The van der Waals surface area contributed by atoms with E-state index in [1.807, 2.05) is 0 Å². The lowest BCUT2D eigenvalue weighted by Gasteiger charge is -2.01. The Bertz CT molecular complexity index is 66.2. The van der Waals surface area contributed by atoms with Gasteiger partial charge in [0, 0.05) is 20.3 Å². The first-order valence-electron chi connectivity index (χ1n) is 4.59. The van der Waals surface area contributed by atoms with E-state index >= 15 is 0 Å². The van der Waals surface area contributed by atoms with Crippen LogP contribution in [0.1, 0.15) is 32.1 Å². The van der Waals surface area contributed by atoms with Gasteiger partial charge in [0.05, 0.1) is 0 Å². The molecule has 0 aromatic carbocycles. The summed E-state index contributed by atoms with van der Waals surface area (Å²) < 4.78 is 9.85. The van der Waals surface area contributed by atoms with Crippen molar-refractivity contribution in [3.8, 4) is 0 Å². The summed E-state index contributed by atoms with van der Waals surface area (Å²) in [7, 11) is 1.63. The van der Waals surface area contributed by atoms with Crippen LogP contribution in [0.5, 0.6) is 0 Å². The smallest absolute Gasteiger partial charge is 0.146 e. The van der Waals surface area contributed by atoms with Crippen molar-refractivity contribution in [2.75, 3.05) is 27.1 Å². The van der Waals surface area contributed by atoms with Gasteiger partial charge in [0.25, 0.3) is 0 Å². The van der Waals surface area contributed by atoms with E-state index in [2.05, 4.69) is 0 Å². The minimum Gasteiger partial charge on any atom is -0.396 e. The summed E-state index contributed by atoms with van der Waals surface area (Å²) in [6.07, 6.45) is 5.52. The predicted molar refractivity (Wildman–Crippen MR) is 48.0 cm³/mol. The van der Waals surface area contributed by atoms with Gasteiger partial charge < -0.3 is 14.6 Å². The van der Waals surface area contributed by atoms with Crippen LogP contribution in [-0.2, 0) is 9.47 Å². The van der Waals surface area contributed by atoms with Gasteiger partial charge >= 0.3 is 0 Å². The van der Waals surface area contributed by atoms with E-state index in [9.17, 15) is 0 Å². The first kappa shape index (κ1) is 11.9. The molecule has 0 aliphatic carbocycles. The van der Waals surface area contributed by atoms with Gasteiger partial charge in [-0.25, -0.2) is 0 Å². The van der Waals surface area contributed by atoms with Crippen LogP contribution in [0, 0.1) is 0 Å². The van der Waals surface area contributed by atoms with Gasteiger partial charge in [-0.2, -0.15) is 0 Å². The van der Waals surface area contributed by atoms with Crippen molar-refractivity contribution in [2.45, 2.75) is 32.1 Å². The average Bonchev–Trinajstić information content (AvgIpc) is 2.10. The van der Waals surface area contributed by atoms with Gasteiger partial charge in [0.2, 0.25) is 0 Å². The second-order valence-corrected chi connectivity index (χ2v) is 2.81. The second-order valence-electron chi connectivity index (χ2n) is 2.81. The maximum atomic E-state index is 8.50. The van der Waals surface area contributed by atoms with E-state index in [0.29, 0.717) is 13.4 Å². The van der Waals surface area contributed by atoms with Crippen molar-refractivity contribution in [3.05, 3.63) is 0 Å². The summed E-state index contributed by atoms with van der Waals surface area (Å²) in [6, 6.07) is 0. The lowest BCUT2D eigenvalue weighted by atomic mass is 10.1. The summed E-state index contributed by atoms with van der Waals surface area (Å²) in [6.45, 7) is 1.50. The highest BCUT2D eigenvalue weighted by molar-refractivity contribution is 4.42. The summed E-state index contributed by atoms with van der Waals surface area (Å²) in [5.41, 5.74) is 0. The number of methoxy groups -OCH3 is 1. The van der Waals surface area contributed by atoms with Crippen molar-refractivity contribution < 1.29 is 14.6 Å². The molecular weight excluding hydrogens is 156 g/mol. The van der Waals surface area contributed by atoms with Crippen LogP contribution in [0.25, 0.3) is 0 Å². The van der Waals surface area contributed by atoms with E-state index in [1.54, 1.807) is 7.11 Å². The van der Waals surface area contributed by atoms with Gasteiger partial charge in [0.15, 0.2) is 0 Å². The summed E-state index contributed by atoms with van der Waals surface area (Å²) in [5.74, 6) is 0. The van der Waals surface area contributed by atoms with Crippen molar-refractivity contribution in [2.24, 2.45) is 0 Å². The SMILES string of the molecule is COCOCCCCCCCO. The number of hydrogen-bond acceptors (Lipinski definition) is 3. The molecule has 0 fully saturated rings. The zero-order valence-electron chi connectivity index (χ0n) is 7.92. The Morgan fingerprint density at radius 2 is 1.67 bits per heavy atom. The molecule has 0 amide bonds. The molecule has 0 aromatic rings. The van der Waals surface area contributed by atoms with Crippen molar-refractivity contribution in [1.82, 2.24) is 0 Å². The molecule has 3 heteroatoms. The molecule has 3 nitrogen and oxygen atoms in total. The molecule has 0 saturated heterocycles. The zero-order valence-corrected chi connectivity index (χ0v) is 7.92. The van der Waals surface area contributed by atoms with E-state index in [-0.39, 0.29) is 0 Å². The predicted octanol–water partition coefficient (Wildman–Crippen LogP) is 1.55. The summed E-state index contributed by atoms with van der Waals surface area (Å²) in [4.78, 5) is 0. The summed E-state index contributed by atoms with van der Waals surface area (Å²) in [5, 5.41) is 8.50. The Hall–Kier alpha value is -0.120. The van der Waals surface area contributed by atoms with Crippen LogP contribution in [0.4, 0.5) is 0 Å². The quantitative estimate of drug-likeness (QED) is 0.428. The maximum absolute atomic E-state index is 8.50. The van der Waals surface area contributed by atoms with Crippen molar-refractivity contribution in [3.63, 3.8) is 0 Å². The van der Waals surface area contributed by atoms with Gasteiger partial charge in [-0.05, 0) is 12.8 Å². The molecule has 0 aromatic heterocycles. The van der Waals surface area contributed by atoms with Gasteiger partial charge in [-0.3, -0.25) is 0 Å². The Kier molecular flexibility index (Phi) is 10.8. The van der Waals surface area contributed by atoms with Crippen LogP contribution < -0.4 is 0 Å². The van der Waals surface area contributed by atoms with Gasteiger partial charge in [-0.15, -0.1) is 0 Å². The Morgan fingerprint density at radius 3 is 2.33 bits per heavy atom. The largest absolute Gasteiger partial charge is 0.396 e. The molecule has 0 spiro atoms. The molecule has 0 heterocycles. The number of aliphatic hydroxyl groups is 1. The molecule has 0 atom stereocenters. The molecule has 0 unspecified atom stereocenters. The first-order chi connectivity index (χ1) is 5.91. The number of unbranched alkanes of at least 4 members (excludes halogenated alkanes) is 4. The molecule has 0 bridgehead atoms. The number of rotatable bonds is 9. The fourth-order valence-corrected chi connectivity index (χ4v) is 0.989. The number of hydrogen-bond donors (Lipinski definition) is 1. The third kappa shape index (κ3) is 9.88. The topological polar surface area (TPSA) is 38.7 Å². The standard InChI is InChI=1S/C9H20O3/c1-11-9-12-8-6-4-2-3-5-7-10/h10H,2-9H2,1H3. The van der Waals surface area contributed by atoms with Crippen molar-refractivity contribution in [1.29, 1.82) is 0 Å². The maximum Gasteiger partial charge on any atom is 0.146 e. The Balaban J connectivity index is 2.73. The van der Waals surface area contributed by atoms with Gasteiger partial charge in [-0.1, -0.05) is 19.3 Å².